The summed E-state index contributed by atoms with van der Waals surface area (Å²) in [4.78, 5) is 2.36. The Morgan fingerprint density at radius 1 is 1.38 bits per heavy atom. The average molecular weight is 240 g/mol. The first-order valence-corrected chi connectivity index (χ1v) is 6.26. The van der Waals surface area contributed by atoms with Gasteiger partial charge in [-0.1, -0.05) is 17.7 Å². The summed E-state index contributed by atoms with van der Waals surface area (Å²) in [5.41, 5.74) is 2.28. The first-order chi connectivity index (χ1) is 7.68. The molecule has 1 atom stereocenters. The predicted molar refractivity (Wildman–Crippen MR) is 68.3 cm³/mol. The lowest BCUT2D eigenvalue weighted by atomic mass is 10.1. The lowest BCUT2D eigenvalue weighted by molar-refractivity contribution is 0.195. The van der Waals surface area contributed by atoms with Gasteiger partial charge in [-0.2, -0.15) is 0 Å². The molecule has 1 unspecified atom stereocenters. The largest absolute Gasteiger partial charge is 0.393 e. The third kappa shape index (κ3) is 2.50. The van der Waals surface area contributed by atoms with E-state index in [0.717, 1.165) is 23.7 Å². The lowest BCUT2D eigenvalue weighted by Crippen LogP contribution is -2.20. The van der Waals surface area contributed by atoms with E-state index in [1.165, 1.54) is 18.5 Å². The van der Waals surface area contributed by atoms with Crippen molar-refractivity contribution in [2.45, 2.75) is 32.3 Å². The minimum absolute atomic E-state index is 0.346. The predicted octanol–water partition coefficient (Wildman–Crippen LogP) is 2.86. The summed E-state index contributed by atoms with van der Waals surface area (Å²) in [6, 6.07) is 6.00. The monoisotopic (exact) mass is 239 g/mol. The summed E-state index contributed by atoms with van der Waals surface area (Å²) in [6.07, 6.45) is 2.79. The van der Waals surface area contributed by atoms with Gasteiger partial charge in [0.15, 0.2) is 0 Å². The first kappa shape index (κ1) is 11.7. The third-order valence-electron chi connectivity index (χ3n) is 3.04. The van der Waals surface area contributed by atoms with Crippen LogP contribution in [0.5, 0.6) is 0 Å². The van der Waals surface area contributed by atoms with Crippen molar-refractivity contribution in [2.24, 2.45) is 0 Å². The normalized spacial score (nSPS) is 17.8. The number of rotatable bonds is 3. The van der Waals surface area contributed by atoms with E-state index in [2.05, 4.69) is 11.0 Å². The summed E-state index contributed by atoms with van der Waals surface area (Å²) >= 11 is 6.21. The quantitative estimate of drug-likeness (QED) is 0.877. The van der Waals surface area contributed by atoms with E-state index in [4.69, 9.17) is 11.6 Å². The van der Waals surface area contributed by atoms with Crippen molar-refractivity contribution in [2.75, 3.05) is 18.0 Å². The fourth-order valence-electron chi connectivity index (χ4n) is 2.30. The van der Waals surface area contributed by atoms with Crippen LogP contribution in [0.15, 0.2) is 18.2 Å². The van der Waals surface area contributed by atoms with Crippen LogP contribution in [-0.4, -0.2) is 24.3 Å². The number of aliphatic hydroxyl groups is 1. The Labute approximate surface area is 102 Å². The molecule has 0 amide bonds. The zero-order valence-corrected chi connectivity index (χ0v) is 10.4. The first-order valence-electron chi connectivity index (χ1n) is 5.89. The Morgan fingerprint density at radius 3 is 2.69 bits per heavy atom. The van der Waals surface area contributed by atoms with Gasteiger partial charge in [0, 0.05) is 30.2 Å². The van der Waals surface area contributed by atoms with E-state index in [9.17, 15) is 5.11 Å². The Balaban J connectivity index is 2.31. The number of benzene rings is 1. The molecule has 3 heteroatoms. The fraction of sp³-hybridized carbons (Fsp3) is 0.538. The molecule has 2 rings (SSSR count). The molecule has 0 aromatic heterocycles. The summed E-state index contributed by atoms with van der Waals surface area (Å²) in [5.74, 6) is 0. The van der Waals surface area contributed by atoms with Gasteiger partial charge in [-0.05, 0) is 37.5 Å². The summed E-state index contributed by atoms with van der Waals surface area (Å²) in [7, 11) is 0. The number of hydrogen-bond donors (Lipinski definition) is 1. The van der Waals surface area contributed by atoms with Crippen LogP contribution in [0.25, 0.3) is 0 Å². The molecule has 0 radical (unpaired) electrons. The summed E-state index contributed by atoms with van der Waals surface area (Å²) in [5, 5.41) is 10.3. The maximum atomic E-state index is 9.52. The molecule has 1 fully saturated rings. The average Bonchev–Trinajstić information content (AvgIpc) is 2.73. The highest BCUT2D eigenvalue weighted by molar-refractivity contribution is 6.31. The molecular weight excluding hydrogens is 222 g/mol. The van der Waals surface area contributed by atoms with Gasteiger partial charge in [-0.3, -0.25) is 0 Å². The molecule has 1 aromatic rings. The van der Waals surface area contributed by atoms with Crippen LogP contribution in [0, 0.1) is 0 Å². The Morgan fingerprint density at radius 2 is 2.06 bits per heavy atom. The molecular formula is C13H18ClNO. The molecule has 1 aliphatic heterocycles. The van der Waals surface area contributed by atoms with Crippen LogP contribution >= 0.6 is 11.6 Å². The number of halogens is 1. The molecule has 1 aromatic carbocycles. The van der Waals surface area contributed by atoms with Crippen molar-refractivity contribution in [1.82, 2.24) is 0 Å². The Kier molecular flexibility index (Phi) is 3.72. The van der Waals surface area contributed by atoms with E-state index in [0.29, 0.717) is 6.42 Å². The number of anilines is 1. The number of aliphatic hydroxyl groups excluding tert-OH is 1. The van der Waals surface area contributed by atoms with Crippen molar-refractivity contribution in [1.29, 1.82) is 0 Å². The maximum absolute atomic E-state index is 9.52. The second-order valence-electron chi connectivity index (χ2n) is 4.48. The van der Waals surface area contributed by atoms with Gasteiger partial charge in [0.25, 0.3) is 0 Å². The number of hydrogen-bond acceptors (Lipinski definition) is 2. The maximum Gasteiger partial charge on any atom is 0.0553 e. The highest BCUT2D eigenvalue weighted by Gasteiger charge is 2.18. The van der Waals surface area contributed by atoms with Crippen LogP contribution < -0.4 is 4.90 Å². The zero-order valence-electron chi connectivity index (χ0n) is 9.62. The minimum Gasteiger partial charge on any atom is -0.393 e. The SMILES string of the molecule is CC(O)Cc1c(Cl)cccc1N1CCCC1. The van der Waals surface area contributed by atoms with Crippen molar-refractivity contribution >= 4 is 17.3 Å². The smallest absolute Gasteiger partial charge is 0.0553 e. The molecule has 1 N–H and O–H groups in total. The van der Waals surface area contributed by atoms with Crippen molar-refractivity contribution in [3.05, 3.63) is 28.8 Å². The summed E-state index contributed by atoms with van der Waals surface area (Å²) in [6.45, 7) is 4.01. The minimum atomic E-state index is -0.346. The molecule has 0 spiro atoms. The Hall–Kier alpha value is -0.730. The second kappa shape index (κ2) is 5.07. The molecule has 1 saturated heterocycles. The topological polar surface area (TPSA) is 23.5 Å². The van der Waals surface area contributed by atoms with E-state index in [1.807, 2.05) is 12.1 Å². The van der Waals surface area contributed by atoms with Gasteiger partial charge in [0.1, 0.15) is 0 Å². The third-order valence-corrected chi connectivity index (χ3v) is 3.39. The van der Waals surface area contributed by atoms with Crippen LogP contribution in [0.4, 0.5) is 5.69 Å². The van der Waals surface area contributed by atoms with Crippen molar-refractivity contribution in [3.8, 4) is 0 Å². The van der Waals surface area contributed by atoms with Gasteiger partial charge in [0.05, 0.1) is 6.10 Å². The number of nitrogens with zero attached hydrogens (tertiary/aromatic N) is 1. The van der Waals surface area contributed by atoms with E-state index >= 15 is 0 Å². The molecule has 0 bridgehead atoms. The van der Waals surface area contributed by atoms with Crippen LogP contribution in [-0.2, 0) is 6.42 Å². The van der Waals surface area contributed by atoms with E-state index in [-0.39, 0.29) is 6.10 Å². The van der Waals surface area contributed by atoms with Gasteiger partial charge in [-0.15, -0.1) is 0 Å². The standard InChI is InChI=1S/C13H18ClNO/c1-10(16)9-11-12(14)5-4-6-13(11)15-7-2-3-8-15/h4-6,10,16H,2-3,7-9H2,1H3. The van der Waals surface area contributed by atoms with Gasteiger partial charge >= 0.3 is 0 Å². The molecule has 1 aliphatic rings. The summed E-state index contributed by atoms with van der Waals surface area (Å²) < 4.78 is 0. The van der Waals surface area contributed by atoms with Crippen LogP contribution in [0.2, 0.25) is 5.02 Å². The highest BCUT2D eigenvalue weighted by atomic mass is 35.5. The van der Waals surface area contributed by atoms with Crippen LogP contribution in [0.1, 0.15) is 25.3 Å². The van der Waals surface area contributed by atoms with Gasteiger partial charge in [0.2, 0.25) is 0 Å². The van der Waals surface area contributed by atoms with Crippen molar-refractivity contribution in [3.63, 3.8) is 0 Å². The highest BCUT2D eigenvalue weighted by Crippen LogP contribution is 2.30. The van der Waals surface area contributed by atoms with Gasteiger partial charge in [-0.25, -0.2) is 0 Å². The molecule has 2 nitrogen and oxygen atoms in total. The Bertz CT molecular complexity index is 359. The lowest BCUT2D eigenvalue weighted by Gasteiger charge is -2.22. The zero-order chi connectivity index (χ0) is 11.5. The van der Waals surface area contributed by atoms with Crippen molar-refractivity contribution < 1.29 is 5.11 Å². The van der Waals surface area contributed by atoms with Gasteiger partial charge < -0.3 is 10.0 Å². The second-order valence-corrected chi connectivity index (χ2v) is 4.89. The molecule has 16 heavy (non-hydrogen) atoms. The van der Waals surface area contributed by atoms with E-state index < -0.39 is 0 Å². The van der Waals surface area contributed by atoms with E-state index in [1.54, 1.807) is 6.92 Å². The van der Waals surface area contributed by atoms with Crippen LogP contribution in [0.3, 0.4) is 0 Å². The molecule has 88 valence electrons. The fourth-order valence-corrected chi connectivity index (χ4v) is 2.55. The molecule has 0 aliphatic carbocycles. The molecule has 0 saturated carbocycles. The molecule has 1 heterocycles.